The number of methoxy groups -OCH3 is 1. The predicted molar refractivity (Wildman–Crippen MR) is 104 cm³/mol. The highest BCUT2D eigenvalue weighted by molar-refractivity contribution is 7.26. The van der Waals surface area contributed by atoms with Crippen molar-refractivity contribution in [2.75, 3.05) is 7.11 Å². The van der Waals surface area contributed by atoms with Crippen molar-refractivity contribution in [3.8, 4) is 5.75 Å². The number of hydrogen-bond acceptors (Lipinski definition) is 3. The summed E-state index contributed by atoms with van der Waals surface area (Å²) in [4.78, 5) is 4.25. The van der Waals surface area contributed by atoms with Gasteiger partial charge in [-0.05, 0) is 41.4 Å². The van der Waals surface area contributed by atoms with Gasteiger partial charge in [0.25, 0.3) is 0 Å². The molecular weight excluding hydrogens is 338 g/mol. The van der Waals surface area contributed by atoms with Gasteiger partial charge in [-0.2, -0.15) is 0 Å². The normalized spacial score (nSPS) is 18.8. The van der Waals surface area contributed by atoms with Crippen molar-refractivity contribution in [3.63, 3.8) is 0 Å². The summed E-state index contributed by atoms with van der Waals surface area (Å²) in [5.74, 6) is 1.02. The van der Waals surface area contributed by atoms with Crippen molar-refractivity contribution >= 4 is 43.1 Å². The van der Waals surface area contributed by atoms with Gasteiger partial charge in [-0.1, -0.05) is 39.3 Å². The summed E-state index contributed by atoms with van der Waals surface area (Å²) in [5, 5.41) is 2.91. The Labute approximate surface area is 151 Å². The van der Waals surface area contributed by atoms with Gasteiger partial charge in [0.1, 0.15) is 10.9 Å². The molecule has 2 aromatic heterocycles. The molecule has 0 aliphatic heterocycles. The summed E-state index contributed by atoms with van der Waals surface area (Å²) in [7, 11) is 1.79. The number of nitrogens with zero attached hydrogens (tertiary/aromatic N) is 1. The van der Waals surface area contributed by atoms with Gasteiger partial charge in [-0.25, -0.2) is 4.98 Å². The second-order valence-corrected chi connectivity index (χ2v) is 9.46. The lowest BCUT2D eigenvalue weighted by Crippen LogP contribution is -2.34. The lowest BCUT2D eigenvalue weighted by Gasteiger charge is -2.42. The molecule has 0 radical (unpaired) electrons. The fraction of sp³-hybridized carbons (Fsp3) is 0.450. The van der Waals surface area contributed by atoms with Crippen molar-refractivity contribution in [1.82, 2.24) is 4.98 Å². The molecular formula is C20H22ClNOS. The molecule has 0 spiro atoms. The van der Waals surface area contributed by atoms with Crippen LogP contribution in [0.25, 0.3) is 20.2 Å². The van der Waals surface area contributed by atoms with E-state index >= 15 is 0 Å². The molecule has 1 aromatic carbocycles. The van der Waals surface area contributed by atoms with Crippen molar-refractivity contribution < 1.29 is 4.74 Å². The minimum Gasteiger partial charge on any atom is -0.496 e. The zero-order valence-corrected chi connectivity index (χ0v) is 16.4. The van der Waals surface area contributed by atoms with Crippen molar-refractivity contribution in [2.45, 2.75) is 51.4 Å². The van der Waals surface area contributed by atoms with Crippen LogP contribution in [0.5, 0.6) is 5.75 Å². The largest absolute Gasteiger partial charge is 0.496 e. The van der Waals surface area contributed by atoms with Gasteiger partial charge in [0.15, 0.2) is 0 Å². The molecule has 3 aromatic rings. The molecule has 0 saturated heterocycles. The maximum Gasteiger partial charge on any atom is 0.146 e. The molecule has 0 unspecified atom stereocenters. The summed E-state index contributed by atoms with van der Waals surface area (Å²) in [6, 6.07) is 4.42. The highest BCUT2D eigenvalue weighted by atomic mass is 35.5. The van der Waals surface area contributed by atoms with Crippen LogP contribution in [0.1, 0.15) is 51.7 Å². The van der Waals surface area contributed by atoms with Crippen LogP contribution in [-0.4, -0.2) is 12.1 Å². The Morgan fingerprint density at radius 2 is 1.88 bits per heavy atom. The Morgan fingerprint density at radius 3 is 2.58 bits per heavy atom. The first-order valence-electron chi connectivity index (χ1n) is 8.35. The van der Waals surface area contributed by atoms with E-state index < -0.39 is 0 Å². The van der Waals surface area contributed by atoms with Gasteiger partial charge in [-0.3, -0.25) is 0 Å². The summed E-state index contributed by atoms with van der Waals surface area (Å²) < 4.78 is 8.29. The molecule has 0 bridgehead atoms. The molecule has 0 amide bonds. The van der Waals surface area contributed by atoms with E-state index in [-0.39, 0.29) is 10.8 Å². The van der Waals surface area contributed by atoms with Gasteiger partial charge >= 0.3 is 0 Å². The maximum atomic E-state index is 6.35. The Bertz CT molecular complexity index is 971. The van der Waals surface area contributed by atoms with E-state index in [1.807, 2.05) is 0 Å². The Balaban J connectivity index is 2.23. The van der Waals surface area contributed by atoms with Crippen LogP contribution >= 0.6 is 22.9 Å². The van der Waals surface area contributed by atoms with Crippen LogP contribution in [0.4, 0.5) is 0 Å². The van der Waals surface area contributed by atoms with E-state index in [1.165, 1.54) is 34.1 Å². The molecule has 2 heterocycles. The molecule has 24 heavy (non-hydrogen) atoms. The van der Waals surface area contributed by atoms with Crippen LogP contribution in [0, 0.1) is 0 Å². The summed E-state index contributed by atoms with van der Waals surface area (Å²) >= 11 is 8.07. The zero-order valence-electron chi connectivity index (χ0n) is 14.8. The molecule has 1 aliphatic rings. The zero-order chi connectivity index (χ0) is 17.3. The predicted octanol–water partition coefficient (Wildman–Crippen LogP) is 6.46. The minimum absolute atomic E-state index is 0.107. The fourth-order valence-corrected chi connectivity index (χ4v) is 5.48. The van der Waals surface area contributed by atoms with Crippen molar-refractivity contribution in [2.24, 2.45) is 0 Å². The number of hydrogen-bond donors (Lipinski definition) is 0. The summed E-state index contributed by atoms with van der Waals surface area (Å²) in [5.41, 5.74) is 3.04. The third-order valence-corrected chi connectivity index (χ3v) is 7.13. The molecule has 0 fully saturated rings. The standard InChI is InChI=1S/C20H22ClNOS/c1-19(2)7-8-20(3,4)15-12(19)10-13-14(16(15)23-5)11-6-9-22-18(21)17(11)24-13/h6,9-10H,7-8H2,1-5H3. The first kappa shape index (κ1) is 16.2. The Hall–Kier alpha value is -1.32. The molecule has 0 saturated carbocycles. The van der Waals surface area contributed by atoms with Crippen LogP contribution < -0.4 is 4.74 Å². The number of benzene rings is 1. The molecule has 126 valence electrons. The molecule has 0 atom stereocenters. The first-order valence-corrected chi connectivity index (χ1v) is 9.54. The van der Waals surface area contributed by atoms with Crippen molar-refractivity contribution in [1.29, 1.82) is 0 Å². The van der Waals surface area contributed by atoms with Gasteiger partial charge in [0.2, 0.25) is 0 Å². The topological polar surface area (TPSA) is 22.1 Å². The van der Waals surface area contributed by atoms with Gasteiger partial charge in [-0.15, -0.1) is 11.3 Å². The first-order chi connectivity index (χ1) is 11.3. The van der Waals surface area contributed by atoms with E-state index in [0.717, 1.165) is 15.8 Å². The average Bonchev–Trinajstić information content (AvgIpc) is 2.90. The average molecular weight is 360 g/mol. The van der Waals surface area contributed by atoms with Gasteiger partial charge in [0.05, 0.1) is 11.8 Å². The SMILES string of the molecule is COc1c2c(cc3sc4c(Cl)nccc4c13)C(C)(C)CCC2(C)C. The van der Waals surface area contributed by atoms with Gasteiger partial charge < -0.3 is 4.74 Å². The molecule has 4 heteroatoms. The fourth-order valence-electron chi connectivity index (χ4n) is 4.09. The summed E-state index contributed by atoms with van der Waals surface area (Å²) in [6.07, 6.45) is 4.14. The summed E-state index contributed by atoms with van der Waals surface area (Å²) in [6.45, 7) is 9.35. The number of halogens is 1. The minimum atomic E-state index is 0.107. The lowest BCUT2D eigenvalue weighted by molar-refractivity contribution is 0.314. The number of pyridine rings is 1. The quantitative estimate of drug-likeness (QED) is 0.465. The molecule has 0 N–H and O–H groups in total. The molecule has 2 nitrogen and oxygen atoms in total. The Kier molecular flexibility index (Phi) is 3.43. The number of ether oxygens (including phenoxy) is 1. The smallest absolute Gasteiger partial charge is 0.146 e. The monoisotopic (exact) mass is 359 g/mol. The van der Waals surface area contributed by atoms with Crippen LogP contribution in [0.3, 0.4) is 0 Å². The van der Waals surface area contributed by atoms with Gasteiger partial charge in [0, 0.05) is 27.2 Å². The molecule has 1 aliphatic carbocycles. The van der Waals surface area contributed by atoms with Crippen molar-refractivity contribution in [3.05, 3.63) is 34.6 Å². The third-order valence-electron chi connectivity index (χ3n) is 5.57. The van der Waals surface area contributed by atoms with E-state index in [1.54, 1.807) is 24.6 Å². The second-order valence-electron chi connectivity index (χ2n) is 8.05. The highest BCUT2D eigenvalue weighted by Crippen LogP contribution is 2.54. The Morgan fingerprint density at radius 1 is 1.17 bits per heavy atom. The van der Waals surface area contributed by atoms with Crippen LogP contribution in [0.15, 0.2) is 18.3 Å². The van der Waals surface area contributed by atoms with Crippen LogP contribution in [0.2, 0.25) is 5.15 Å². The van der Waals surface area contributed by atoms with Crippen LogP contribution in [-0.2, 0) is 10.8 Å². The number of aromatic nitrogens is 1. The number of thiophene rings is 1. The van der Waals surface area contributed by atoms with E-state index in [0.29, 0.717) is 5.15 Å². The highest BCUT2D eigenvalue weighted by Gasteiger charge is 2.40. The van der Waals surface area contributed by atoms with E-state index in [9.17, 15) is 0 Å². The number of rotatable bonds is 1. The third kappa shape index (κ3) is 2.11. The lowest BCUT2D eigenvalue weighted by atomic mass is 9.62. The maximum absolute atomic E-state index is 6.35. The van der Waals surface area contributed by atoms with E-state index in [2.05, 4.69) is 44.8 Å². The van der Waals surface area contributed by atoms with E-state index in [4.69, 9.17) is 16.3 Å². The second kappa shape index (κ2) is 5.09. The molecule has 4 rings (SSSR count). The number of fused-ring (bicyclic) bond motifs is 4.